The molecule has 0 aliphatic heterocycles. The lowest BCUT2D eigenvalue weighted by molar-refractivity contribution is 0.164. The lowest BCUT2D eigenvalue weighted by Gasteiger charge is -2.26. The number of hydrogen-bond acceptors (Lipinski definition) is 2. The Labute approximate surface area is 134 Å². The van der Waals surface area contributed by atoms with E-state index in [0.717, 1.165) is 18.4 Å². The van der Waals surface area contributed by atoms with Crippen molar-refractivity contribution in [2.75, 3.05) is 6.54 Å². The molecule has 0 radical (unpaired) electrons. The van der Waals surface area contributed by atoms with Gasteiger partial charge in [-0.15, -0.1) is 0 Å². The quantitative estimate of drug-likeness (QED) is 0.773. The molecule has 0 aliphatic rings. The van der Waals surface area contributed by atoms with Gasteiger partial charge in [0.05, 0.1) is 6.10 Å². The van der Waals surface area contributed by atoms with Crippen molar-refractivity contribution in [1.82, 2.24) is 5.32 Å². The van der Waals surface area contributed by atoms with Crippen LogP contribution in [0.3, 0.4) is 0 Å². The van der Waals surface area contributed by atoms with Crippen molar-refractivity contribution in [2.24, 2.45) is 5.92 Å². The predicted octanol–water partition coefficient (Wildman–Crippen LogP) is 3.97. The molecular weight excluding hydrogens is 270 g/mol. The zero-order valence-electron chi connectivity index (χ0n) is 13.6. The van der Waals surface area contributed by atoms with E-state index in [-0.39, 0.29) is 0 Å². The number of benzene rings is 2. The van der Waals surface area contributed by atoms with Gasteiger partial charge < -0.3 is 10.4 Å². The van der Waals surface area contributed by atoms with Crippen LogP contribution in [-0.4, -0.2) is 17.7 Å². The van der Waals surface area contributed by atoms with E-state index in [9.17, 15) is 5.11 Å². The first-order valence-corrected chi connectivity index (χ1v) is 8.21. The van der Waals surface area contributed by atoms with Crippen molar-refractivity contribution in [3.05, 3.63) is 71.8 Å². The van der Waals surface area contributed by atoms with Crippen molar-refractivity contribution in [2.45, 2.75) is 38.8 Å². The molecule has 118 valence electrons. The second-order valence-electron chi connectivity index (χ2n) is 6.02. The molecule has 1 unspecified atom stereocenters. The molecule has 22 heavy (non-hydrogen) atoms. The number of nitrogens with one attached hydrogen (secondary N) is 1. The van der Waals surface area contributed by atoms with Crippen molar-refractivity contribution >= 4 is 0 Å². The summed E-state index contributed by atoms with van der Waals surface area (Å²) < 4.78 is 0. The highest BCUT2D eigenvalue weighted by atomic mass is 16.3. The summed E-state index contributed by atoms with van der Waals surface area (Å²) in [6.45, 7) is 5.08. The van der Waals surface area contributed by atoms with E-state index in [1.807, 2.05) is 36.4 Å². The maximum absolute atomic E-state index is 10.3. The second-order valence-corrected chi connectivity index (χ2v) is 6.02. The standard InChI is InChI=1S/C20H27NO/c1-3-16(2)19(14-17-10-6-4-7-11-17)21-15-20(22)18-12-8-5-9-13-18/h4-13,16,19-22H,3,14-15H2,1-2H3/t16?,19-,20+/m1/s1. The Balaban J connectivity index is 1.95. The highest BCUT2D eigenvalue weighted by Gasteiger charge is 2.17. The highest BCUT2D eigenvalue weighted by molar-refractivity contribution is 5.18. The lowest BCUT2D eigenvalue weighted by Crippen LogP contribution is -2.39. The molecule has 0 aromatic heterocycles. The van der Waals surface area contributed by atoms with Crippen LogP contribution in [0.2, 0.25) is 0 Å². The third-order valence-electron chi connectivity index (χ3n) is 4.39. The fourth-order valence-corrected chi connectivity index (χ4v) is 2.68. The van der Waals surface area contributed by atoms with E-state index < -0.39 is 6.10 Å². The Morgan fingerprint density at radius 1 is 0.955 bits per heavy atom. The summed E-state index contributed by atoms with van der Waals surface area (Å²) in [6.07, 6.45) is 1.67. The highest BCUT2D eigenvalue weighted by Crippen LogP contribution is 2.16. The fraction of sp³-hybridized carbons (Fsp3) is 0.400. The Morgan fingerprint density at radius 3 is 2.14 bits per heavy atom. The normalized spacial score (nSPS) is 15.2. The van der Waals surface area contributed by atoms with E-state index >= 15 is 0 Å². The minimum atomic E-state index is -0.455. The largest absolute Gasteiger partial charge is 0.387 e. The third-order valence-corrected chi connectivity index (χ3v) is 4.39. The summed E-state index contributed by atoms with van der Waals surface area (Å²) >= 11 is 0. The lowest BCUT2D eigenvalue weighted by atomic mass is 9.92. The van der Waals surface area contributed by atoms with Crippen LogP contribution in [-0.2, 0) is 6.42 Å². The second kappa shape index (κ2) is 8.72. The van der Waals surface area contributed by atoms with Crippen LogP contribution in [0, 0.1) is 5.92 Å². The van der Waals surface area contributed by atoms with E-state index in [2.05, 4.69) is 43.4 Å². The van der Waals surface area contributed by atoms with Crippen LogP contribution in [0.5, 0.6) is 0 Å². The van der Waals surface area contributed by atoms with Gasteiger partial charge in [-0.3, -0.25) is 0 Å². The predicted molar refractivity (Wildman–Crippen MR) is 92.8 cm³/mol. The fourth-order valence-electron chi connectivity index (χ4n) is 2.68. The zero-order valence-corrected chi connectivity index (χ0v) is 13.6. The number of aliphatic hydroxyl groups is 1. The summed E-state index contributed by atoms with van der Waals surface area (Å²) in [4.78, 5) is 0. The Hall–Kier alpha value is -1.64. The minimum absolute atomic E-state index is 0.380. The van der Waals surface area contributed by atoms with Gasteiger partial charge in [0, 0.05) is 12.6 Å². The first-order chi connectivity index (χ1) is 10.7. The van der Waals surface area contributed by atoms with Crippen molar-refractivity contribution < 1.29 is 5.11 Å². The SMILES string of the molecule is CCC(C)[C@@H](Cc1ccccc1)NC[C@H](O)c1ccccc1. The Bertz CT molecular complexity index is 526. The van der Waals surface area contributed by atoms with Gasteiger partial charge in [-0.2, -0.15) is 0 Å². The van der Waals surface area contributed by atoms with Gasteiger partial charge in [-0.25, -0.2) is 0 Å². The summed E-state index contributed by atoms with van der Waals surface area (Å²) in [6, 6.07) is 20.8. The number of rotatable bonds is 8. The Kier molecular flexibility index (Phi) is 6.63. The molecule has 2 nitrogen and oxygen atoms in total. The monoisotopic (exact) mass is 297 g/mol. The molecule has 0 saturated heterocycles. The maximum Gasteiger partial charge on any atom is 0.0914 e. The molecule has 2 heteroatoms. The average Bonchev–Trinajstić information content (AvgIpc) is 2.59. The van der Waals surface area contributed by atoms with E-state index in [1.54, 1.807) is 0 Å². The van der Waals surface area contributed by atoms with E-state index in [0.29, 0.717) is 18.5 Å². The van der Waals surface area contributed by atoms with Gasteiger partial charge in [0.2, 0.25) is 0 Å². The molecule has 0 bridgehead atoms. The molecule has 0 aliphatic carbocycles. The van der Waals surface area contributed by atoms with Crippen LogP contribution in [0.25, 0.3) is 0 Å². The van der Waals surface area contributed by atoms with Crippen molar-refractivity contribution in [3.8, 4) is 0 Å². The molecule has 2 rings (SSSR count). The van der Waals surface area contributed by atoms with Gasteiger partial charge in [0.25, 0.3) is 0 Å². The first kappa shape index (κ1) is 16.7. The van der Waals surface area contributed by atoms with Crippen LogP contribution >= 0.6 is 0 Å². The molecule has 2 aromatic carbocycles. The van der Waals surface area contributed by atoms with Gasteiger partial charge >= 0.3 is 0 Å². The molecule has 2 N–H and O–H groups in total. The van der Waals surface area contributed by atoms with Gasteiger partial charge in [0.15, 0.2) is 0 Å². The molecule has 0 spiro atoms. The molecule has 0 fully saturated rings. The maximum atomic E-state index is 10.3. The van der Waals surface area contributed by atoms with Crippen molar-refractivity contribution in [3.63, 3.8) is 0 Å². The molecular formula is C20H27NO. The molecule has 2 aromatic rings. The number of hydrogen-bond donors (Lipinski definition) is 2. The molecule has 0 amide bonds. The third kappa shape index (κ3) is 4.97. The van der Waals surface area contributed by atoms with Gasteiger partial charge in [-0.1, -0.05) is 80.9 Å². The Morgan fingerprint density at radius 2 is 1.55 bits per heavy atom. The van der Waals surface area contributed by atoms with Crippen LogP contribution in [0.1, 0.15) is 37.5 Å². The van der Waals surface area contributed by atoms with Crippen LogP contribution in [0.15, 0.2) is 60.7 Å². The van der Waals surface area contributed by atoms with Crippen molar-refractivity contribution in [1.29, 1.82) is 0 Å². The topological polar surface area (TPSA) is 32.3 Å². The van der Waals surface area contributed by atoms with E-state index in [1.165, 1.54) is 5.56 Å². The zero-order chi connectivity index (χ0) is 15.8. The summed E-state index contributed by atoms with van der Waals surface area (Å²) in [7, 11) is 0. The minimum Gasteiger partial charge on any atom is -0.387 e. The molecule has 3 atom stereocenters. The van der Waals surface area contributed by atoms with Gasteiger partial charge in [0.1, 0.15) is 0 Å². The average molecular weight is 297 g/mol. The summed E-state index contributed by atoms with van der Waals surface area (Å²) in [5.41, 5.74) is 2.31. The summed E-state index contributed by atoms with van der Waals surface area (Å²) in [5, 5.41) is 13.9. The summed E-state index contributed by atoms with van der Waals surface area (Å²) in [5.74, 6) is 0.572. The van der Waals surface area contributed by atoms with Crippen LogP contribution in [0.4, 0.5) is 0 Å². The van der Waals surface area contributed by atoms with Gasteiger partial charge in [-0.05, 0) is 23.5 Å². The molecule has 0 heterocycles. The number of aliphatic hydroxyl groups excluding tert-OH is 1. The van der Waals surface area contributed by atoms with E-state index in [4.69, 9.17) is 0 Å². The first-order valence-electron chi connectivity index (χ1n) is 8.21. The van der Waals surface area contributed by atoms with Crippen LogP contribution < -0.4 is 5.32 Å². The smallest absolute Gasteiger partial charge is 0.0914 e. The molecule has 0 saturated carbocycles.